The normalized spacial score (nSPS) is 10.9. The standard InChI is InChI=1S/C15H17N3O2/c1-11-15(20)14(12(10-19)8-16-11)9-17-18(2)13-6-4-3-5-7-13/h3-9,19-20H,10H2,1-2H3/b17-9-. The van der Waals surface area contributed by atoms with Crippen LogP contribution in [-0.2, 0) is 6.61 Å². The van der Waals surface area contributed by atoms with Gasteiger partial charge in [0.25, 0.3) is 0 Å². The zero-order valence-corrected chi connectivity index (χ0v) is 11.5. The Morgan fingerprint density at radius 1 is 1.30 bits per heavy atom. The Hall–Kier alpha value is -2.40. The number of benzene rings is 1. The second-order valence-electron chi connectivity index (χ2n) is 4.39. The van der Waals surface area contributed by atoms with Gasteiger partial charge in [0, 0.05) is 24.4 Å². The molecule has 0 radical (unpaired) electrons. The Morgan fingerprint density at radius 2 is 2.00 bits per heavy atom. The summed E-state index contributed by atoms with van der Waals surface area (Å²) in [6, 6.07) is 9.65. The number of aromatic hydroxyl groups is 1. The number of aryl methyl sites for hydroxylation is 1. The second-order valence-corrected chi connectivity index (χ2v) is 4.39. The smallest absolute Gasteiger partial charge is 0.145 e. The first-order valence-electron chi connectivity index (χ1n) is 6.24. The van der Waals surface area contributed by atoms with Gasteiger partial charge in [-0.1, -0.05) is 18.2 Å². The summed E-state index contributed by atoms with van der Waals surface area (Å²) in [5, 5.41) is 25.3. The van der Waals surface area contributed by atoms with E-state index >= 15 is 0 Å². The number of hydrazone groups is 1. The van der Waals surface area contributed by atoms with Crippen LogP contribution in [0.15, 0.2) is 41.6 Å². The first-order valence-corrected chi connectivity index (χ1v) is 6.24. The van der Waals surface area contributed by atoms with Crippen molar-refractivity contribution in [1.29, 1.82) is 0 Å². The summed E-state index contributed by atoms with van der Waals surface area (Å²) in [7, 11) is 1.82. The number of para-hydroxylation sites is 1. The SMILES string of the molecule is Cc1ncc(CO)c(/C=N\N(C)c2ccccc2)c1O. The van der Waals surface area contributed by atoms with Crippen molar-refractivity contribution < 1.29 is 10.2 Å². The first kappa shape index (κ1) is 14.0. The molecular formula is C15H17N3O2. The molecule has 2 rings (SSSR count). The Morgan fingerprint density at radius 3 is 2.65 bits per heavy atom. The fraction of sp³-hybridized carbons (Fsp3) is 0.200. The zero-order valence-electron chi connectivity index (χ0n) is 11.5. The highest BCUT2D eigenvalue weighted by Gasteiger charge is 2.09. The van der Waals surface area contributed by atoms with Crippen LogP contribution in [-0.4, -0.2) is 28.5 Å². The van der Waals surface area contributed by atoms with Crippen molar-refractivity contribution in [3.63, 3.8) is 0 Å². The molecule has 2 aromatic rings. The second kappa shape index (κ2) is 6.16. The molecule has 0 amide bonds. The molecule has 1 aromatic heterocycles. The van der Waals surface area contributed by atoms with E-state index in [2.05, 4.69) is 10.1 Å². The van der Waals surface area contributed by atoms with E-state index in [1.807, 2.05) is 37.4 Å². The van der Waals surface area contributed by atoms with Crippen molar-refractivity contribution >= 4 is 11.9 Å². The monoisotopic (exact) mass is 271 g/mol. The van der Waals surface area contributed by atoms with E-state index in [-0.39, 0.29) is 12.4 Å². The maximum Gasteiger partial charge on any atom is 0.145 e. The van der Waals surface area contributed by atoms with E-state index in [0.29, 0.717) is 16.8 Å². The molecule has 1 aromatic carbocycles. The Bertz CT molecular complexity index is 612. The fourth-order valence-electron chi connectivity index (χ4n) is 1.78. The maximum atomic E-state index is 10.0. The Balaban J connectivity index is 2.30. The number of hydrogen-bond donors (Lipinski definition) is 2. The summed E-state index contributed by atoms with van der Waals surface area (Å²) < 4.78 is 0. The third-order valence-electron chi connectivity index (χ3n) is 3.02. The first-order chi connectivity index (χ1) is 9.63. The molecule has 104 valence electrons. The van der Waals surface area contributed by atoms with E-state index in [1.54, 1.807) is 18.1 Å². The largest absolute Gasteiger partial charge is 0.505 e. The van der Waals surface area contributed by atoms with Gasteiger partial charge in [0.1, 0.15) is 5.75 Å². The highest BCUT2D eigenvalue weighted by atomic mass is 16.3. The lowest BCUT2D eigenvalue weighted by molar-refractivity contribution is 0.280. The van der Waals surface area contributed by atoms with Crippen LogP contribution in [0.5, 0.6) is 5.75 Å². The van der Waals surface area contributed by atoms with Gasteiger partial charge in [-0.05, 0) is 19.1 Å². The lowest BCUT2D eigenvalue weighted by Crippen LogP contribution is -2.09. The molecule has 0 bridgehead atoms. The van der Waals surface area contributed by atoms with Gasteiger partial charge in [-0.25, -0.2) is 0 Å². The summed E-state index contributed by atoms with van der Waals surface area (Å²) in [6.07, 6.45) is 3.07. The molecule has 2 N–H and O–H groups in total. The molecule has 0 saturated carbocycles. The van der Waals surface area contributed by atoms with Crippen molar-refractivity contribution in [3.8, 4) is 5.75 Å². The van der Waals surface area contributed by atoms with E-state index in [1.165, 1.54) is 6.21 Å². The molecule has 1 heterocycles. The van der Waals surface area contributed by atoms with Crippen LogP contribution < -0.4 is 5.01 Å². The van der Waals surface area contributed by atoms with E-state index in [4.69, 9.17) is 0 Å². The highest BCUT2D eigenvalue weighted by Crippen LogP contribution is 2.22. The number of pyridine rings is 1. The van der Waals surface area contributed by atoms with Gasteiger partial charge in [-0.15, -0.1) is 0 Å². The third kappa shape index (κ3) is 2.95. The molecule has 0 spiro atoms. The summed E-state index contributed by atoms with van der Waals surface area (Å²) in [4.78, 5) is 4.01. The molecule has 0 aliphatic heterocycles. The van der Waals surface area contributed by atoms with Crippen LogP contribution in [0, 0.1) is 6.92 Å². The van der Waals surface area contributed by atoms with Crippen LogP contribution in [0.2, 0.25) is 0 Å². The van der Waals surface area contributed by atoms with Crippen molar-refractivity contribution in [2.45, 2.75) is 13.5 Å². The quantitative estimate of drug-likeness (QED) is 0.659. The number of aliphatic hydroxyl groups is 1. The highest BCUT2D eigenvalue weighted by molar-refractivity contribution is 5.86. The topological polar surface area (TPSA) is 69.0 Å². The molecule has 0 unspecified atom stereocenters. The van der Waals surface area contributed by atoms with Crippen LogP contribution in [0.4, 0.5) is 5.69 Å². The Labute approximate surface area is 117 Å². The van der Waals surface area contributed by atoms with E-state index < -0.39 is 0 Å². The van der Waals surface area contributed by atoms with Crippen molar-refractivity contribution in [2.24, 2.45) is 5.10 Å². The lowest BCUT2D eigenvalue weighted by Gasteiger charge is -2.13. The number of aliphatic hydroxyl groups excluding tert-OH is 1. The summed E-state index contributed by atoms with van der Waals surface area (Å²) >= 11 is 0. The minimum atomic E-state index is -0.197. The number of nitrogens with zero attached hydrogens (tertiary/aromatic N) is 3. The summed E-state index contributed by atoms with van der Waals surface area (Å²) in [5.74, 6) is 0.0433. The van der Waals surface area contributed by atoms with Gasteiger partial charge in [-0.2, -0.15) is 5.10 Å². The number of anilines is 1. The predicted octanol–water partition coefficient (Wildman–Crippen LogP) is 2.06. The number of rotatable bonds is 4. The molecule has 20 heavy (non-hydrogen) atoms. The van der Waals surface area contributed by atoms with Crippen molar-refractivity contribution in [3.05, 3.63) is 53.3 Å². The number of hydrogen-bond acceptors (Lipinski definition) is 5. The fourth-order valence-corrected chi connectivity index (χ4v) is 1.78. The van der Waals surface area contributed by atoms with Crippen LogP contribution in [0.25, 0.3) is 0 Å². The zero-order chi connectivity index (χ0) is 14.5. The molecule has 0 aliphatic rings. The van der Waals surface area contributed by atoms with E-state index in [9.17, 15) is 10.2 Å². The van der Waals surface area contributed by atoms with Crippen molar-refractivity contribution in [1.82, 2.24) is 4.98 Å². The molecule has 0 fully saturated rings. The van der Waals surface area contributed by atoms with E-state index in [0.717, 1.165) is 5.69 Å². The minimum absolute atomic E-state index is 0.0433. The number of aromatic nitrogens is 1. The van der Waals surface area contributed by atoms with Crippen molar-refractivity contribution in [2.75, 3.05) is 12.1 Å². The molecule has 5 heteroatoms. The summed E-state index contributed by atoms with van der Waals surface area (Å²) in [5.41, 5.74) is 2.46. The molecule has 0 aliphatic carbocycles. The van der Waals surface area contributed by atoms with Gasteiger partial charge in [0.05, 0.1) is 24.2 Å². The maximum absolute atomic E-state index is 10.0. The van der Waals surface area contributed by atoms with Crippen LogP contribution in [0.1, 0.15) is 16.8 Å². The van der Waals surface area contributed by atoms with Gasteiger partial charge >= 0.3 is 0 Å². The van der Waals surface area contributed by atoms with Crippen LogP contribution >= 0.6 is 0 Å². The molecule has 0 saturated heterocycles. The van der Waals surface area contributed by atoms with Gasteiger partial charge < -0.3 is 10.2 Å². The predicted molar refractivity (Wildman–Crippen MR) is 79.0 cm³/mol. The molecule has 5 nitrogen and oxygen atoms in total. The van der Waals surface area contributed by atoms with Gasteiger partial charge in [-0.3, -0.25) is 9.99 Å². The average molecular weight is 271 g/mol. The lowest BCUT2D eigenvalue weighted by atomic mass is 10.1. The molecule has 0 atom stereocenters. The van der Waals surface area contributed by atoms with Gasteiger partial charge in [0.2, 0.25) is 0 Å². The molecular weight excluding hydrogens is 254 g/mol. The average Bonchev–Trinajstić information content (AvgIpc) is 2.49. The third-order valence-corrected chi connectivity index (χ3v) is 3.02. The van der Waals surface area contributed by atoms with Gasteiger partial charge in [0.15, 0.2) is 0 Å². The summed E-state index contributed by atoms with van der Waals surface area (Å²) in [6.45, 7) is 1.51. The Kier molecular flexibility index (Phi) is 4.32. The minimum Gasteiger partial charge on any atom is -0.505 e. The van der Waals surface area contributed by atoms with Crippen LogP contribution in [0.3, 0.4) is 0 Å².